The number of carbonyl (C=O) groups is 1. The van der Waals surface area contributed by atoms with Crippen LogP contribution in [-0.4, -0.2) is 67.1 Å². The Morgan fingerprint density at radius 3 is 2.60 bits per heavy atom. The smallest absolute Gasteiger partial charge is 0.236 e. The normalized spacial score (nSPS) is 14.8. The number of aromatic nitrogens is 1. The first-order valence-electron chi connectivity index (χ1n) is 10.4. The number of amides is 1. The summed E-state index contributed by atoms with van der Waals surface area (Å²) in [6.45, 7) is 7.17. The van der Waals surface area contributed by atoms with Crippen LogP contribution in [0.2, 0.25) is 0 Å². The predicted octanol–water partition coefficient (Wildman–Crippen LogP) is 3.48. The molecule has 0 saturated carbocycles. The Hall–Kier alpha value is -2.64. The van der Waals surface area contributed by atoms with E-state index in [-0.39, 0.29) is 5.91 Å². The molecule has 0 aliphatic carbocycles. The highest BCUT2D eigenvalue weighted by atomic mass is 32.1. The highest BCUT2D eigenvalue weighted by Crippen LogP contribution is 2.29. The summed E-state index contributed by atoms with van der Waals surface area (Å²) < 4.78 is 6.93. The fraction of sp³-hybridized carbons (Fsp3) is 0.391. The van der Waals surface area contributed by atoms with Gasteiger partial charge in [-0.15, -0.1) is 11.3 Å². The lowest BCUT2D eigenvalue weighted by Crippen LogP contribution is -2.49. The zero-order chi connectivity index (χ0) is 20.9. The summed E-state index contributed by atoms with van der Waals surface area (Å²) >= 11 is 1.66. The minimum Gasteiger partial charge on any atom is -0.492 e. The molecule has 0 unspecified atom stereocenters. The largest absolute Gasteiger partial charge is 0.492 e. The molecule has 2 heterocycles. The first-order valence-corrected chi connectivity index (χ1v) is 11.2. The molecule has 0 spiro atoms. The maximum atomic E-state index is 12.7. The van der Waals surface area contributed by atoms with E-state index in [1.54, 1.807) is 16.2 Å². The second-order valence-corrected chi connectivity index (χ2v) is 8.60. The van der Waals surface area contributed by atoms with E-state index in [1.165, 1.54) is 0 Å². The van der Waals surface area contributed by atoms with E-state index in [4.69, 9.17) is 4.74 Å². The van der Waals surface area contributed by atoms with Crippen LogP contribution < -0.4 is 9.64 Å². The number of likely N-dealkylation sites (N-methyl/N-ethyl adjacent to an activating group) is 1. The average Bonchev–Trinajstić information content (AvgIpc) is 3.17. The SMILES string of the molecule is CCOc1ccccc1N1CCN(CC(=O)N(C)Cc2nc3ccccc3s2)CC1. The van der Waals surface area contributed by atoms with Crippen molar-refractivity contribution in [1.29, 1.82) is 0 Å². The Balaban J connectivity index is 1.29. The van der Waals surface area contributed by atoms with E-state index < -0.39 is 0 Å². The minimum absolute atomic E-state index is 0.137. The first-order chi connectivity index (χ1) is 14.6. The summed E-state index contributed by atoms with van der Waals surface area (Å²) in [5.41, 5.74) is 2.14. The molecule has 2 aromatic carbocycles. The molecular weight excluding hydrogens is 396 g/mol. The van der Waals surface area contributed by atoms with Gasteiger partial charge in [0.25, 0.3) is 0 Å². The number of carbonyl (C=O) groups excluding carboxylic acids is 1. The number of ether oxygens (including phenoxy) is 1. The molecule has 0 bridgehead atoms. The van der Waals surface area contributed by atoms with Crippen LogP contribution in [0.1, 0.15) is 11.9 Å². The van der Waals surface area contributed by atoms with Gasteiger partial charge in [0.05, 0.1) is 35.6 Å². The molecule has 6 nitrogen and oxygen atoms in total. The van der Waals surface area contributed by atoms with Gasteiger partial charge in [0.2, 0.25) is 5.91 Å². The van der Waals surface area contributed by atoms with Gasteiger partial charge in [-0.1, -0.05) is 24.3 Å². The van der Waals surface area contributed by atoms with Gasteiger partial charge in [-0.05, 0) is 31.2 Å². The third-order valence-corrected chi connectivity index (χ3v) is 6.39. The summed E-state index contributed by atoms with van der Waals surface area (Å²) in [5, 5.41) is 0.976. The van der Waals surface area contributed by atoms with Crippen molar-refractivity contribution >= 4 is 33.1 Å². The van der Waals surface area contributed by atoms with Crippen LogP contribution in [0, 0.1) is 0 Å². The number of benzene rings is 2. The molecule has 1 amide bonds. The Kier molecular flexibility index (Phi) is 6.50. The van der Waals surface area contributed by atoms with Crippen molar-refractivity contribution in [1.82, 2.24) is 14.8 Å². The van der Waals surface area contributed by atoms with Crippen molar-refractivity contribution in [3.63, 3.8) is 0 Å². The predicted molar refractivity (Wildman–Crippen MR) is 122 cm³/mol. The lowest BCUT2D eigenvalue weighted by molar-refractivity contribution is -0.131. The van der Waals surface area contributed by atoms with Crippen LogP contribution in [0.25, 0.3) is 10.2 Å². The number of fused-ring (bicyclic) bond motifs is 1. The molecule has 3 aromatic rings. The second-order valence-electron chi connectivity index (χ2n) is 7.49. The topological polar surface area (TPSA) is 48.9 Å². The Labute approximate surface area is 181 Å². The molecule has 1 saturated heterocycles. The number of hydrogen-bond acceptors (Lipinski definition) is 6. The summed E-state index contributed by atoms with van der Waals surface area (Å²) in [6.07, 6.45) is 0. The number of rotatable bonds is 7. The van der Waals surface area contributed by atoms with Crippen molar-refractivity contribution in [2.24, 2.45) is 0 Å². The van der Waals surface area contributed by atoms with Crippen molar-refractivity contribution < 1.29 is 9.53 Å². The quantitative estimate of drug-likeness (QED) is 0.581. The number of nitrogens with zero attached hydrogens (tertiary/aromatic N) is 4. The van der Waals surface area contributed by atoms with Crippen LogP contribution in [0.4, 0.5) is 5.69 Å². The van der Waals surface area contributed by atoms with Gasteiger partial charge in [0, 0.05) is 33.2 Å². The fourth-order valence-corrected chi connectivity index (χ4v) is 4.75. The molecule has 1 aliphatic heterocycles. The molecular formula is C23H28N4O2S. The van der Waals surface area contributed by atoms with Gasteiger partial charge in [0.15, 0.2) is 0 Å². The maximum Gasteiger partial charge on any atom is 0.236 e. The van der Waals surface area contributed by atoms with Gasteiger partial charge >= 0.3 is 0 Å². The molecule has 0 atom stereocenters. The van der Waals surface area contributed by atoms with Gasteiger partial charge in [0.1, 0.15) is 10.8 Å². The summed E-state index contributed by atoms with van der Waals surface area (Å²) in [5.74, 6) is 1.07. The monoisotopic (exact) mass is 424 g/mol. The summed E-state index contributed by atoms with van der Waals surface area (Å²) in [7, 11) is 1.86. The molecule has 0 N–H and O–H groups in total. The van der Waals surface area contributed by atoms with E-state index >= 15 is 0 Å². The van der Waals surface area contributed by atoms with Gasteiger partial charge in [-0.3, -0.25) is 9.69 Å². The van der Waals surface area contributed by atoms with Gasteiger partial charge < -0.3 is 14.5 Å². The zero-order valence-electron chi connectivity index (χ0n) is 17.6. The van der Waals surface area contributed by atoms with E-state index in [1.807, 2.05) is 50.4 Å². The molecule has 0 radical (unpaired) electrons. The average molecular weight is 425 g/mol. The Morgan fingerprint density at radius 2 is 1.83 bits per heavy atom. The zero-order valence-corrected chi connectivity index (χ0v) is 18.4. The first kappa shape index (κ1) is 20.6. The van der Waals surface area contributed by atoms with Crippen molar-refractivity contribution in [3.05, 3.63) is 53.5 Å². The van der Waals surface area contributed by atoms with Crippen molar-refractivity contribution in [2.45, 2.75) is 13.5 Å². The molecule has 1 aliphatic rings. The van der Waals surface area contributed by atoms with Crippen LogP contribution in [0.15, 0.2) is 48.5 Å². The number of para-hydroxylation sites is 3. The molecule has 7 heteroatoms. The van der Waals surface area contributed by atoms with Gasteiger partial charge in [-0.2, -0.15) is 0 Å². The van der Waals surface area contributed by atoms with E-state index in [9.17, 15) is 4.79 Å². The number of hydrogen-bond donors (Lipinski definition) is 0. The second kappa shape index (κ2) is 9.45. The van der Waals surface area contributed by atoms with Crippen molar-refractivity contribution in [2.75, 3.05) is 51.3 Å². The van der Waals surface area contributed by atoms with Crippen molar-refractivity contribution in [3.8, 4) is 5.75 Å². The molecule has 1 fully saturated rings. The molecule has 30 heavy (non-hydrogen) atoms. The highest BCUT2D eigenvalue weighted by molar-refractivity contribution is 7.18. The standard InChI is InChI=1S/C23H28N4O2S/c1-3-29-20-10-6-5-9-19(20)27-14-12-26(13-15-27)17-23(28)25(2)16-22-24-18-8-4-7-11-21(18)30-22/h4-11H,3,12-17H2,1-2H3. The van der Waals surface area contributed by atoms with Gasteiger partial charge in [-0.25, -0.2) is 4.98 Å². The number of piperazine rings is 1. The van der Waals surface area contributed by atoms with E-state index in [0.717, 1.165) is 52.8 Å². The summed E-state index contributed by atoms with van der Waals surface area (Å²) in [4.78, 5) is 23.8. The third kappa shape index (κ3) is 4.74. The van der Waals surface area contributed by atoms with Crippen LogP contribution in [0.5, 0.6) is 5.75 Å². The molecule has 158 valence electrons. The minimum atomic E-state index is 0.137. The maximum absolute atomic E-state index is 12.7. The lowest BCUT2D eigenvalue weighted by atomic mass is 10.2. The highest BCUT2D eigenvalue weighted by Gasteiger charge is 2.22. The molecule has 1 aromatic heterocycles. The van der Waals surface area contributed by atoms with E-state index in [0.29, 0.717) is 19.7 Å². The summed E-state index contributed by atoms with van der Waals surface area (Å²) in [6, 6.07) is 16.3. The van der Waals surface area contributed by atoms with Crippen LogP contribution in [0.3, 0.4) is 0 Å². The Morgan fingerprint density at radius 1 is 1.10 bits per heavy atom. The Bertz CT molecular complexity index is 965. The number of anilines is 1. The fourth-order valence-electron chi connectivity index (χ4n) is 3.73. The third-order valence-electron chi connectivity index (χ3n) is 5.37. The number of thiazole rings is 1. The van der Waals surface area contributed by atoms with Crippen LogP contribution in [-0.2, 0) is 11.3 Å². The molecule has 4 rings (SSSR count). The van der Waals surface area contributed by atoms with E-state index in [2.05, 4.69) is 26.9 Å². The van der Waals surface area contributed by atoms with Crippen LogP contribution >= 0.6 is 11.3 Å². The lowest BCUT2D eigenvalue weighted by Gasteiger charge is -2.36.